The normalized spacial score (nSPS) is 29.2. The van der Waals surface area contributed by atoms with Gasteiger partial charge in [0, 0.05) is 38.5 Å². The van der Waals surface area contributed by atoms with Gasteiger partial charge in [-0.1, -0.05) is 30.3 Å². The number of likely N-dealkylation sites (tertiary alicyclic amines) is 1. The number of rotatable bonds is 4. The summed E-state index contributed by atoms with van der Waals surface area (Å²) in [5.74, 6) is -3.31. The molecule has 0 bridgehead atoms. The van der Waals surface area contributed by atoms with E-state index in [-0.39, 0.29) is 37.9 Å². The van der Waals surface area contributed by atoms with Gasteiger partial charge >= 0.3 is 0 Å². The summed E-state index contributed by atoms with van der Waals surface area (Å²) in [6, 6.07) is 9.91. The van der Waals surface area contributed by atoms with Crippen molar-refractivity contribution in [2.75, 3.05) is 20.1 Å². The van der Waals surface area contributed by atoms with Gasteiger partial charge in [-0.15, -0.1) is 0 Å². The number of nitrogens with zero attached hydrogens (tertiary/aromatic N) is 2. The van der Waals surface area contributed by atoms with Crippen molar-refractivity contribution in [3.63, 3.8) is 0 Å². The number of likely N-dealkylation sites (N-methyl/N-ethyl adjacent to an activating group) is 1. The lowest BCUT2D eigenvalue weighted by molar-refractivity contribution is -0.144. The predicted molar refractivity (Wildman–Crippen MR) is 91.2 cm³/mol. The second-order valence-electron chi connectivity index (χ2n) is 7.32. The van der Waals surface area contributed by atoms with Crippen molar-refractivity contribution >= 4 is 5.91 Å². The summed E-state index contributed by atoms with van der Waals surface area (Å²) in [6.07, 6.45) is 0.0444. The van der Waals surface area contributed by atoms with Crippen LogP contribution in [0.15, 0.2) is 30.3 Å². The highest BCUT2D eigenvalue weighted by molar-refractivity contribution is 5.80. The van der Waals surface area contributed by atoms with Crippen LogP contribution in [0.1, 0.15) is 31.2 Å². The van der Waals surface area contributed by atoms with Crippen molar-refractivity contribution in [2.24, 2.45) is 5.92 Å². The molecule has 0 unspecified atom stereocenters. The van der Waals surface area contributed by atoms with Crippen molar-refractivity contribution in [3.05, 3.63) is 35.9 Å². The fraction of sp³-hybridized carbons (Fsp3) is 0.632. The summed E-state index contributed by atoms with van der Waals surface area (Å²) in [5.41, 5.74) is 1.16. The van der Waals surface area contributed by atoms with Crippen LogP contribution in [0.5, 0.6) is 0 Å². The first-order chi connectivity index (χ1) is 11.9. The predicted octanol–water partition coefficient (Wildman–Crippen LogP) is 2.52. The number of aliphatic hydroxyl groups excluding tert-OH is 1. The number of alkyl halides is 2. The molecule has 1 N–H and O–H groups in total. The lowest BCUT2D eigenvalue weighted by Gasteiger charge is -2.35. The number of hydrogen-bond acceptors (Lipinski definition) is 3. The third kappa shape index (κ3) is 4.18. The van der Waals surface area contributed by atoms with Gasteiger partial charge in [0.05, 0.1) is 12.0 Å². The largest absolute Gasteiger partial charge is 0.391 e. The summed E-state index contributed by atoms with van der Waals surface area (Å²) in [6.45, 7) is 0.874. The average Bonchev–Trinajstić information content (AvgIpc) is 2.97. The fourth-order valence-corrected chi connectivity index (χ4v) is 3.99. The van der Waals surface area contributed by atoms with Gasteiger partial charge in [-0.05, 0) is 25.5 Å². The highest BCUT2D eigenvalue weighted by Gasteiger charge is 2.44. The van der Waals surface area contributed by atoms with Crippen LogP contribution in [0, 0.1) is 5.92 Å². The molecule has 1 aromatic rings. The smallest absolute Gasteiger partial charge is 0.251 e. The van der Waals surface area contributed by atoms with E-state index in [1.807, 2.05) is 37.4 Å². The third-order valence-electron chi connectivity index (χ3n) is 5.54. The molecule has 25 heavy (non-hydrogen) atoms. The minimum Gasteiger partial charge on any atom is -0.391 e. The molecule has 4 nitrogen and oxygen atoms in total. The Morgan fingerprint density at radius 3 is 2.52 bits per heavy atom. The molecule has 138 valence electrons. The van der Waals surface area contributed by atoms with Crippen LogP contribution in [0.4, 0.5) is 8.78 Å². The molecule has 0 aromatic heterocycles. The van der Waals surface area contributed by atoms with Gasteiger partial charge in [0.25, 0.3) is 5.92 Å². The monoisotopic (exact) mass is 352 g/mol. The highest BCUT2D eigenvalue weighted by Crippen LogP contribution is 2.34. The van der Waals surface area contributed by atoms with Crippen LogP contribution in [0.3, 0.4) is 0 Å². The molecular formula is C19H26F2N2O2. The number of benzene rings is 1. The zero-order chi connectivity index (χ0) is 18.0. The van der Waals surface area contributed by atoms with Crippen LogP contribution < -0.4 is 0 Å². The maximum atomic E-state index is 13.3. The molecule has 3 atom stereocenters. The summed E-state index contributed by atoms with van der Waals surface area (Å²) in [7, 11) is 1.95. The lowest BCUT2D eigenvalue weighted by Crippen LogP contribution is -2.48. The standard InChI is InChI=1S/C19H26F2N2O2/c1-22(13-14-5-3-2-4-6-14)16-8-7-15(17(16)24)18(25)23-11-9-19(20,21)10-12-23/h2-6,15-17,24H,7-13H2,1H3/t15-,16-,17+/m1/s1. The van der Waals surface area contributed by atoms with Crippen molar-refractivity contribution in [1.29, 1.82) is 0 Å². The molecule has 2 aliphatic rings. The molecule has 1 aliphatic heterocycles. The van der Waals surface area contributed by atoms with Crippen LogP contribution in [-0.2, 0) is 11.3 Å². The van der Waals surface area contributed by atoms with Gasteiger partial charge in [-0.25, -0.2) is 8.78 Å². The molecule has 1 saturated heterocycles. The average molecular weight is 352 g/mol. The number of amides is 1. The zero-order valence-corrected chi connectivity index (χ0v) is 14.6. The van der Waals surface area contributed by atoms with Crippen molar-refractivity contribution in [3.8, 4) is 0 Å². The molecule has 6 heteroatoms. The first-order valence-electron chi connectivity index (χ1n) is 8.96. The van der Waals surface area contributed by atoms with Gasteiger partial charge in [0.15, 0.2) is 0 Å². The van der Waals surface area contributed by atoms with Gasteiger partial charge < -0.3 is 10.0 Å². The Morgan fingerprint density at radius 1 is 1.24 bits per heavy atom. The first kappa shape index (κ1) is 18.3. The summed E-state index contributed by atoms with van der Waals surface area (Å²) in [4.78, 5) is 16.2. The van der Waals surface area contributed by atoms with Crippen LogP contribution >= 0.6 is 0 Å². The molecule has 1 aliphatic carbocycles. The van der Waals surface area contributed by atoms with E-state index in [2.05, 4.69) is 4.90 Å². The van der Waals surface area contributed by atoms with Crippen molar-refractivity contribution in [2.45, 2.75) is 50.3 Å². The Balaban J connectivity index is 1.57. The molecule has 0 spiro atoms. The number of halogens is 2. The summed E-state index contributed by atoms with van der Waals surface area (Å²) in [5, 5.41) is 10.7. The van der Waals surface area contributed by atoms with E-state index in [0.29, 0.717) is 13.0 Å². The maximum absolute atomic E-state index is 13.3. The van der Waals surface area contributed by atoms with Crippen LogP contribution in [0.25, 0.3) is 0 Å². The number of aliphatic hydroxyl groups is 1. The first-order valence-corrected chi connectivity index (χ1v) is 8.96. The topological polar surface area (TPSA) is 43.8 Å². The Morgan fingerprint density at radius 2 is 1.88 bits per heavy atom. The number of hydrogen-bond donors (Lipinski definition) is 1. The highest BCUT2D eigenvalue weighted by atomic mass is 19.3. The maximum Gasteiger partial charge on any atom is 0.251 e. The minimum atomic E-state index is -2.66. The second kappa shape index (κ2) is 7.38. The van der Waals surface area contributed by atoms with Crippen LogP contribution in [0.2, 0.25) is 0 Å². The van der Waals surface area contributed by atoms with E-state index >= 15 is 0 Å². The molecule has 2 fully saturated rings. The number of carbonyl (C=O) groups excluding carboxylic acids is 1. The molecule has 1 aromatic carbocycles. The quantitative estimate of drug-likeness (QED) is 0.906. The van der Waals surface area contributed by atoms with Crippen molar-refractivity contribution < 1.29 is 18.7 Å². The number of carbonyl (C=O) groups is 1. The van der Waals surface area contributed by atoms with Gasteiger partial charge in [0.1, 0.15) is 0 Å². The molecule has 1 amide bonds. The van der Waals surface area contributed by atoms with E-state index in [0.717, 1.165) is 12.0 Å². The molecule has 1 heterocycles. The summed E-state index contributed by atoms with van der Waals surface area (Å²) >= 11 is 0. The van der Waals surface area contributed by atoms with E-state index in [4.69, 9.17) is 0 Å². The van der Waals surface area contributed by atoms with E-state index in [1.54, 1.807) is 0 Å². The summed E-state index contributed by atoms with van der Waals surface area (Å²) < 4.78 is 26.6. The van der Waals surface area contributed by atoms with Crippen LogP contribution in [-0.4, -0.2) is 59.0 Å². The van der Waals surface area contributed by atoms with Gasteiger partial charge in [0.2, 0.25) is 5.91 Å². The molecule has 3 rings (SSSR count). The Hall–Kier alpha value is -1.53. The third-order valence-corrected chi connectivity index (χ3v) is 5.54. The van der Waals surface area contributed by atoms with E-state index in [1.165, 1.54) is 4.90 Å². The zero-order valence-electron chi connectivity index (χ0n) is 14.6. The second-order valence-corrected chi connectivity index (χ2v) is 7.32. The Kier molecular flexibility index (Phi) is 5.39. The lowest BCUT2D eigenvalue weighted by atomic mass is 9.99. The Labute approximate surface area is 147 Å². The Bertz CT molecular complexity index is 586. The number of piperidine rings is 1. The molecule has 1 saturated carbocycles. The van der Waals surface area contributed by atoms with E-state index < -0.39 is 17.9 Å². The van der Waals surface area contributed by atoms with E-state index in [9.17, 15) is 18.7 Å². The fourth-order valence-electron chi connectivity index (χ4n) is 3.99. The van der Waals surface area contributed by atoms with Gasteiger partial charge in [-0.2, -0.15) is 0 Å². The molecule has 0 radical (unpaired) electrons. The van der Waals surface area contributed by atoms with Crippen molar-refractivity contribution in [1.82, 2.24) is 9.80 Å². The minimum absolute atomic E-state index is 0.0829. The SMILES string of the molecule is CN(Cc1ccccc1)[C@@H]1CC[C@@H](C(=O)N2CCC(F)(F)CC2)[C@@H]1O. The van der Waals surface area contributed by atoms with Gasteiger partial charge in [-0.3, -0.25) is 9.69 Å². The molecular weight excluding hydrogens is 326 g/mol.